The fraction of sp³-hybridized carbons (Fsp3) is 0.632. The van der Waals surface area contributed by atoms with Gasteiger partial charge in [-0.15, -0.1) is 0 Å². The zero-order valence-corrected chi connectivity index (χ0v) is 15.3. The summed E-state index contributed by atoms with van der Waals surface area (Å²) in [7, 11) is 1.66. The van der Waals surface area contributed by atoms with E-state index in [1.807, 2.05) is 24.3 Å². The predicted molar refractivity (Wildman–Crippen MR) is 98.5 cm³/mol. The number of ether oxygens (including phenoxy) is 3. The van der Waals surface area contributed by atoms with E-state index in [1.165, 1.54) is 12.8 Å². The molecule has 2 heterocycles. The molecule has 3 rings (SSSR count). The van der Waals surface area contributed by atoms with Gasteiger partial charge in [0.25, 0.3) is 0 Å². The number of rotatable bonds is 6. The molecule has 6 heteroatoms. The van der Waals surface area contributed by atoms with Crippen molar-refractivity contribution in [1.82, 2.24) is 10.2 Å². The summed E-state index contributed by atoms with van der Waals surface area (Å²) in [6.07, 6.45) is 2.36. The highest BCUT2D eigenvalue weighted by Gasteiger charge is 2.42. The van der Waals surface area contributed by atoms with Gasteiger partial charge in [-0.05, 0) is 44.0 Å². The predicted octanol–water partition coefficient (Wildman–Crippen LogP) is 2.15. The molecule has 0 saturated carbocycles. The van der Waals surface area contributed by atoms with Crippen LogP contribution in [0.15, 0.2) is 29.3 Å². The van der Waals surface area contributed by atoms with E-state index < -0.39 is 0 Å². The van der Waals surface area contributed by atoms with Gasteiger partial charge in [0.05, 0.1) is 20.3 Å². The third-order valence-electron chi connectivity index (χ3n) is 4.94. The summed E-state index contributed by atoms with van der Waals surface area (Å²) in [5, 5.41) is 3.41. The monoisotopic (exact) mass is 347 g/mol. The van der Waals surface area contributed by atoms with Gasteiger partial charge in [-0.1, -0.05) is 0 Å². The molecule has 6 nitrogen and oxygen atoms in total. The molecule has 1 aromatic rings. The highest BCUT2D eigenvalue weighted by atomic mass is 16.5. The van der Waals surface area contributed by atoms with Gasteiger partial charge in [-0.2, -0.15) is 0 Å². The molecule has 1 N–H and O–H groups in total. The van der Waals surface area contributed by atoms with Crippen LogP contribution in [-0.2, 0) is 4.74 Å². The zero-order valence-electron chi connectivity index (χ0n) is 15.3. The molecule has 0 radical (unpaired) electrons. The molecule has 0 amide bonds. The molecular weight excluding hydrogens is 318 g/mol. The van der Waals surface area contributed by atoms with Crippen LogP contribution < -0.4 is 14.8 Å². The Hall–Kier alpha value is -1.95. The van der Waals surface area contributed by atoms with Crippen molar-refractivity contribution in [2.75, 3.05) is 53.1 Å². The summed E-state index contributed by atoms with van der Waals surface area (Å²) < 4.78 is 16.5. The van der Waals surface area contributed by atoms with E-state index in [-0.39, 0.29) is 0 Å². The van der Waals surface area contributed by atoms with Crippen molar-refractivity contribution in [3.63, 3.8) is 0 Å². The molecule has 0 bridgehead atoms. The van der Waals surface area contributed by atoms with Crippen molar-refractivity contribution in [3.8, 4) is 11.5 Å². The first-order valence-corrected chi connectivity index (χ1v) is 9.12. The Morgan fingerprint density at radius 3 is 2.76 bits per heavy atom. The first-order chi connectivity index (χ1) is 12.2. The van der Waals surface area contributed by atoms with Crippen LogP contribution in [0.3, 0.4) is 0 Å². The summed E-state index contributed by atoms with van der Waals surface area (Å²) >= 11 is 0. The maximum atomic E-state index is 5.76. The van der Waals surface area contributed by atoms with Crippen molar-refractivity contribution in [2.45, 2.75) is 19.8 Å². The highest BCUT2D eigenvalue weighted by Crippen LogP contribution is 2.38. The summed E-state index contributed by atoms with van der Waals surface area (Å²) in [5.41, 5.74) is 0.343. The lowest BCUT2D eigenvalue weighted by Crippen LogP contribution is -2.41. The van der Waals surface area contributed by atoms with Gasteiger partial charge in [0.15, 0.2) is 5.96 Å². The van der Waals surface area contributed by atoms with Crippen LogP contribution in [-0.4, -0.2) is 64.0 Å². The number of likely N-dealkylation sites (tertiary alicyclic amines) is 1. The quantitative estimate of drug-likeness (QED) is 0.485. The molecule has 138 valence electrons. The lowest BCUT2D eigenvalue weighted by atomic mass is 9.87. The maximum Gasteiger partial charge on any atom is 0.194 e. The molecule has 2 fully saturated rings. The lowest BCUT2D eigenvalue weighted by molar-refractivity contribution is 0.156. The van der Waals surface area contributed by atoms with Crippen LogP contribution in [0, 0.1) is 5.41 Å². The van der Waals surface area contributed by atoms with Gasteiger partial charge < -0.3 is 24.4 Å². The summed E-state index contributed by atoms with van der Waals surface area (Å²) in [6, 6.07) is 7.63. The molecule has 0 aromatic heterocycles. The first kappa shape index (κ1) is 17.9. The number of hydrogen-bond acceptors (Lipinski definition) is 4. The summed E-state index contributed by atoms with van der Waals surface area (Å²) in [4.78, 5) is 7.11. The number of hydrogen-bond donors (Lipinski definition) is 1. The Morgan fingerprint density at radius 1 is 1.28 bits per heavy atom. The molecule has 1 unspecified atom stereocenters. The number of aliphatic imine (C=N–C) groups is 1. The highest BCUT2D eigenvalue weighted by molar-refractivity contribution is 5.80. The Kier molecular flexibility index (Phi) is 6.02. The van der Waals surface area contributed by atoms with E-state index in [2.05, 4.69) is 17.1 Å². The minimum Gasteiger partial charge on any atom is -0.497 e. The van der Waals surface area contributed by atoms with E-state index >= 15 is 0 Å². The van der Waals surface area contributed by atoms with Crippen molar-refractivity contribution in [3.05, 3.63) is 24.3 Å². The largest absolute Gasteiger partial charge is 0.497 e. The summed E-state index contributed by atoms with van der Waals surface area (Å²) in [5.74, 6) is 2.66. The Balaban J connectivity index is 1.50. The maximum absolute atomic E-state index is 5.76. The molecule has 2 aliphatic rings. The average molecular weight is 347 g/mol. The minimum absolute atomic E-state index is 0.343. The number of methoxy groups -OCH3 is 1. The van der Waals surface area contributed by atoms with E-state index in [1.54, 1.807) is 7.11 Å². The molecule has 2 saturated heterocycles. The van der Waals surface area contributed by atoms with Crippen LogP contribution in [0.2, 0.25) is 0 Å². The molecular formula is C19H29N3O3. The molecule has 25 heavy (non-hydrogen) atoms. The molecule has 0 aliphatic carbocycles. The Morgan fingerprint density at radius 2 is 2.08 bits per heavy atom. The number of nitrogens with zero attached hydrogens (tertiary/aromatic N) is 2. The normalized spacial score (nSPS) is 23.3. The van der Waals surface area contributed by atoms with Gasteiger partial charge in [0.2, 0.25) is 0 Å². The van der Waals surface area contributed by atoms with Crippen LogP contribution in [0.5, 0.6) is 11.5 Å². The Bertz CT molecular complexity index is 568. The standard InChI is InChI=1S/C19H29N3O3/c1-3-20-18(22-11-8-19(14-22)9-12-24-15-19)21-10-13-25-17-6-4-16(23-2)5-7-17/h4-7H,3,8-15H2,1-2H3,(H,20,21). The molecule has 2 aliphatic heterocycles. The van der Waals surface area contributed by atoms with Crippen molar-refractivity contribution in [1.29, 1.82) is 0 Å². The number of nitrogens with one attached hydrogen (secondary N) is 1. The first-order valence-electron chi connectivity index (χ1n) is 9.12. The van der Waals surface area contributed by atoms with Crippen molar-refractivity contribution in [2.24, 2.45) is 10.4 Å². The third kappa shape index (κ3) is 4.57. The van der Waals surface area contributed by atoms with Crippen LogP contribution >= 0.6 is 0 Å². The summed E-state index contributed by atoms with van der Waals surface area (Å²) in [6.45, 7) is 8.05. The molecule has 1 atom stereocenters. The topological polar surface area (TPSA) is 55.3 Å². The van der Waals surface area contributed by atoms with E-state index in [0.29, 0.717) is 18.6 Å². The zero-order chi connectivity index (χ0) is 17.5. The second-order valence-electron chi connectivity index (χ2n) is 6.73. The SMILES string of the molecule is CCNC(=NCCOc1ccc(OC)cc1)N1CCC2(CCOC2)C1. The van der Waals surface area contributed by atoms with Crippen LogP contribution in [0.1, 0.15) is 19.8 Å². The molecule has 1 spiro atoms. The smallest absolute Gasteiger partial charge is 0.194 e. The molecule has 1 aromatic carbocycles. The fourth-order valence-electron chi connectivity index (χ4n) is 3.50. The van der Waals surface area contributed by atoms with Crippen LogP contribution in [0.4, 0.5) is 0 Å². The second kappa shape index (κ2) is 8.43. The second-order valence-corrected chi connectivity index (χ2v) is 6.73. The van der Waals surface area contributed by atoms with E-state index in [9.17, 15) is 0 Å². The van der Waals surface area contributed by atoms with Gasteiger partial charge in [0.1, 0.15) is 18.1 Å². The van der Waals surface area contributed by atoms with Crippen molar-refractivity contribution < 1.29 is 14.2 Å². The Labute approximate surface area is 150 Å². The number of benzene rings is 1. The lowest BCUT2D eigenvalue weighted by Gasteiger charge is -2.25. The number of guanidine groups is 1. The van der Waals surface area contributed by atoms with Gasteiger partial charge in [0, 0.05) is 31.7 Å². The van der Waals surface area contributed by atoms with Gasteiger partial charge >= 0.3 is 0 Å². The fourth-order valence-corrected chi connectivity index (χ4v) is 3.50. The van der Waals surface area contributed by atoms with Gasteiger partial charge in [-0.25, -0.2) is 4.99 Å². The van der Waals surface area contributed by atoms with E-state index in [0.717, 1.165) is 50.3 Å². The van der Waals surface area contributed by atoms with E-state index in [4.69, 9.17) is 19.2 Å². The van der Waals surface area contributed by atoms with Crippen LogP contribution in [0.25, 0.3) is 0 Å². The third-order valence-corrected chi connectivity index (χ3v) is 4.94. The van der Waals surface area contributed by atoms with Gasteiger partial charge in [-0.3, -0.25) is 0 Å². The van der Waals surface area contributed by atoms with Crippen molar-refractivity contribution >= 4 is 5.96 Å². The average Bonchev–Trinajstić information content (AvgIpc) is 3.28. The minimum atomic E-state index is 0.343.